The van der Waals surface area contributed by atoms with Gasteiger partial charge in [-0.05, 0) is 55.8 Å². The Morgan fingerprint density at radius 2 is 1.69 bits per heavy atom. The van der Waals surface area contributed by atoms with E-state index in [9.17, 15) is 5.11 Å². The van der Waals surface area contributed by atoms with E-state index < -0.39 is 0 Å². The fourth-order valence-corrected chi connectivity index (χ4v) is 1.91. The molecule has 0 radical (unpaired) electrons. The van der Waals surface area contributed by atoms with Crippen molar-refractivity contribution in [3.63, 3.8) is 0 Å². The van der Waals surface area contributed by atoms with Crippen molar-refractivity contribution in [2.75, 3.05) is 5.73 Å². The number of nitrogens with two attached hydrogens (primary N) is 1. The van der Waals surface area contributed by atoms with Crippen LogP contribution in [0.2, 0.25) is 0 Å². The molecule has 0 bridgehead atoms. The van der Waals surface area contributed by atoms with Gasteiger partial charge in [0.15, 0.2) is 0 Å². The number of phenols is 1. The highest BCUT2D eigenvalue weighted by molar-refractivity contribution is 5.64. The molecule has 84 valence electrons. The first-order chi connectivity index (χ1) is 7.59. The van der Waals surface area contributed by atoms with Crippen LogP contribution >= 0.6 is 0 Å². The molecule has 1 aromatic carbocycles. The second kappa shape index (κ2) is 3.93. The second-order valence-electron chi connectivity index (χ2n) is 4.15. The number of aromatic hydroxyl groups is 1. The highest BCUT2D eigenvalue weighted by Gasteiger charge is 2.10. The Morgan fingerprint density at radius 1 is 1.06 bits per heavy atom. The SMILES string of the molecule is CC(C)n1c(N)ccc1-c1ccc(O)cc1. The highest BCUT2D eigenvalue weighted by Crippen LogP contribution is 2.28. The molecule has 0 saturated heterocycles. The molecule has 0 amide bonds. The van der Waals surface area contributed by atoms with Crippen molar-refractivity contribution < 1.29 is 5.11 Å². The van der Waals surface area contributed by atoms with Crippen LogP contribution in [0.5, 0.6) is 5.75 Å². The molecular weight excluding hydrogens is 200 g/mol. The number of aromatic nitrogens is 1. The molecule has 0 atom stereocenters. The van der Waals surface area contributed by atoms with Gasteiger partial charge in [-0.25, -0.2) is 0 Å². The summed E-state index contributed by atoms with van der Waals surface area (Å²) >= 11 is 0. The van der Waals surface area contributed by atoms with Gasteiger partial charge in [0.1, 0.15) is 11.6 Å². The zero-order chi connectivity index (χ0) is 11.7. The third-order valence-corrected chi connectivity index (χ3v) is 2.63. The quantitative estimate of drug-likeness (QED) is 0.810. The Hall–Kier alpha value is -1.90. The van der Waals surface area contributed by atoms with Crippen molar-refractivity contribution >= 4 is 5.82 Å². The molecule has 16 heavy (non-hydrogen) atoms. The molecule has 0 fully saturated rings. The summed E-state index contributed by atoms with van der Waals surface area (Å²) in [5, 5.41) is 9.26. The van der Waals surface area contributed by atoms with Gasteiger partial charge in [-0.2, -0.15) is 0 Å². The van der Waals surface area contributed by atoms with Crippen molar-refractivity contribution in [3.05, 3.63) is 36.4 Å². The van der Waals surface area contributed by atoms with Crippen LogP contribution in [0.1, 0.15) is 19.9 Å². The van der Waals surface area contributed by atoms with E-state index >= 15 is 0 Å². The van der Waals surface area contributed by atoms with Crippen molar-refractivity contribution in [1.29, 1.82) is 0 Å². The van der Waals surface area contributed by atoms with E-state index in [1.54, 1.807) is 12.1 Å². The number of hydrogen-bond donors (Lipinski definition) is 2. The summed E-state index contributed by atoms with van der Waals surface area (Å²) in [7, 11) is 0. The third-order valence-electron chi connectivity index (χ3n) is 2.63. The molecule has 0 aliphatic heterocycles. The average Bonchev–Trinajstić information content (AvgIpc) is 2.61. The summed E-state index contributed by atoms with van der Waals surface area (Å²) in [5.41, 5.74) is 8.06. The smallest absolute Gasteiger partial charge is 0.115 e. The predicted octanol–water partition coefficient (Wildman–Crippen LogP) is 3.02. The normalized spacial score (nSPS) is 10.9. The minimum Gasteiger partial charge on any atom is -0.508 e. The Labute approximate surface area is 95.1 Å². The molecular formula is C13H16N2O. The van der Waals surface area contributed by atoms with Crippen LogP contribution in [0.25, 0.3) is 11.3 Å². The lowest BCUT2D eigenvalue weighted by Crippen LogP contribution is -2.06. The van der Waals surface area contributed by atoms with Crippen LogP contribution in [0.15, 0.2) is 36.4 Å². The summed E-state index contributed by atoms with van der Waals surface area (Å²) in [4.78, 5) is 0. The number of nitrogens with zero attached hydrogens (tertiary/aromatic N) is 1. The van der Waals surface area contributed by atoms with E-state index in [1.165, 1.54) is 0 Å². The van der Waals surface area contributed by atoms with E-state index in [-0.39, 0.29) is 5.75 Å². The van der Waals surface area contributed by atoms with Gasteiger partial charge in [-0.3, -0.25) is 0 Å². The number of phenolic OH excluding ortho intramolecular Hbond substituents is 1. The van der Waals surface area contributed by atoms with Gasteiger partial charge in [-0.1, -0.05) is 0 Å². The van der Waals surface area contributed by atoms with Crippen molar-refractivity contribution in [3.8, 4) is 17.0 Å². The van der Waals surface area contributed by atoms with Gasteiger partial charge >= 0.3 is 0 Å². The molecule has 2 rings (SSSR count). The lowest BCUT2D eigenvalue weighted by molar-refractivity contribution is 0.475. The first-order valence-corrected chi connectivity index (χ1v) is 5.35. The fourth-order valence-electron chi connectivity index (χ4n) is 1.91. The zero-order valence-electron chi connectivity index (χ0n) is 9.51. The molecule has 3 heteroatoms. The maximum atomic E-state index is 9.26. The molecule has 0 unspecified atom stereocenters. The zero-order valence-corrected chi connectivity index (χ0v) is 9.51. The largest absolute Gasteiger partial charge is 0.508 e. The molecule has 1 aromatic heterocycles. The number of hydrogen-bond acceptors (Lipinski definition) is 2. The first kappa shape index (κ1) is 10.6. The van der Waals surface area contributed by atoms with E-state index in [0.29, 0.717) is 6.04 Å². The monoisotopic (exact) mass is 216 g/mol. The standard InChI is InChI=1S/C13H16N2O/c1-9(2)15-12(7-8-13(15)14)10-3-5-11(16)6-4-10/h3-9,16H,14H2,1-2H3. The Kier molecular flexibility index (Phi) is 2.60. The van der Waals surface area contributed by atoms with E-state index in [2.05, 4.69) is 18.4 Å². The van der Waals surface area contributed by atoms with E-state index in [1.807, 2.05) is 24.3 Å². The lowest BCUT2D eigenvalue weighted by atomic mass is 10.1. The lowest BCUT2D eigenvalue weighted by Gasteiger charge is -2.15. The molecule has 0 aliphatic rings. The maximum absolute atomic E-state index is 9.26. The molecule has 0 spiro atoms. The third kappa shape index (κ3) is 1.76. The molecule has 2 aromatic rings. The van der Waals surface area contributed by atoms with Crippen LogP contribution in [-0.4, -0.2) is 9.67 Å². The maximum Gasteiger partial charge on any atom is 0.115 e. The van der Waals surface area contributed by atoms with E-state index in [0.717, 1.165) is 17.1 Å². The summed E-state index contributed by atoms with van der Waals surface area (Å²) < 4.78 is 2.08. The van der Waals surface area contributed by atoms with Crippen molar-refractivity contribution in [2.24, 2.45) is 0 Å². The van der Waals surface area contributed by atoms with Crippen molar-refractivity contribution in [1.82, 2.24) is 4.57 Å². The summed E-state index contributed by atoms with van der Waals surface area (Å²) in [6.45, 7) is 4.19. The highest BCUT2D eigenvalue weighted by atomic mass is 16.3. The van der Waals surface area contributed by atoms with Gasteiger partial charge in [0.25, 0.3) is 0 Å². The number of benzene rings is 1. The van der Waals surface area contributed by atoms with E-state index in [4.69, 9.17) is 5.73 Å². The fraction of sp³-hybridized carbons (Fsp3) is 0.231. The molecule has 3 nitrogen and oxygen atoms in total. The van der Waals surface area contributed by atoms with Gasteiger partial charge in [0.2, 0.25) is 0 Å². The summed E-state index contributed by atoms with van der Waals surface area (Å²) in [6, 6.07) is 11.4. The number of anilines is 1. The first-order valence-electron chi connectivity index (χ1n) is 5.35. The summed E-state index contributed by atoms with van der Waals surface area (Å²) in [5.74, 6) is 1.04. The minimum absolute atomic E-state index is 0.277. The molecule has 3 N–H and O–H groups in total. The number of nitrogen functional groups attached to an aromatic ring is 1. The van der Waals surface area contributed by atoms with Crippen LogP contribution < -0.4 is 5.73 Å². The van der Waals surface area contributed by atoms with Gasteiger partial charge < -0.3 is 15.4 Å². The topological polar surface area (TPSA) is 51.2 Å². The minimum atomic E-state index is 0.277. The Bertz CT molecular complexity index is 483. The van der Waals surface area contributed by atoms with Crippen LogP contribution in [0.4, 0.5) is 5.82 Å². The van der Waals surface area contributed by atoms with Crippen molar-refractivity contribution in [2.45, 2.75) is 19.9 Å². The van der Waals surface area contributed by atoms with Crippen LogP contribution in [-0.2, 0) is 0 Å². The second-order valence-corrected chi connectivity index (χ2v) is 4.15. The van der Waals surface area contributed by atoms with Gasteiger partial charge in [0, 0.05) is 11.7 Å². The van der Waals surface area contributed by atoms with Gasteiger partial charge in [-0.15, -0.1) is 0 Å². The Morgan fingerprint density at radius 3 is 2.25 bits per heavy atom. The molecule has 1 heterocycles. The van der Waals surface area contributed by atoms with Crippen LogP contribution in [0.3, 0.4) is 0 Å². The number of rotatable bonds is 2. The molecule has 0 saturated carbocycles. The van der Waals surface area contributed by atoms with Gasteiger partial charge in [0.05, 0.1) is 0 Å². The average molecular weight is 216 g/mol. The molecule has 0 aliphatic carbocycles. The van der Waals surface area contributed by atoms with Crippen LogP contribution in [0, 0.1) is 0 Å². The summed E-state index contributed by atoms with van der Waals surface area (Å²) in [6.07, 6.45) is 0. The Balaban J connectivity index is 2.52. The predicted molar refractivity (Wildman–Crippen MR) is 66.3 cm³/mol.